The van der Waals surface area contributed by atoms with Crippen LogP contribution in [0.4, 0.5) is 0 Å². The summed E-state index contributed by atoms with van der Waals surface area (Å²) < 4.78 is 0. The molecule has 0 spiro atoms. The van der Waals surface area contributed by atoms with Gasteiger partial charge in [-0.25, -0.2) is 0 Å². The molecule has 0 amide bonds. The monoisotopic (exact) mass is 252 g/mol. The van der Waals surface area contributed by atoms with Gasteiger partial charge < -0.3 is 10.2 Å². The number of aliphatic carboxylic acids is 1. The van der Waals surface area contributed by atoms with Crippen molar-refractivity contribution >= 4 is 5.97 Å². The van der Waals surface area contributed by atoms with E-state index in [2.05, 4.69) is 6.08 Å². The highest BCUT2D eigenvalue weighted by Crippen LogP contribution is 2.06. The molecular weight excluding hydrogens is 228 g/mol. The fraction of sp³-hybridized carbons (Fsp3) is 0.533. The maximum atomic E-state index is 10.3. The fourth-order valence-corrected chi connectivity index (χ4v) is 1.47. The molecule has 1 unspecified atom stereocenters. The number of rotatable bonds is 10. The van der Waals surface area contributed by atoms with Crippen LogP contribution in [-0.2, 0) is 4.79 Å². The molecule has 0 aromatic carbocycles. The van der Waals surface area contributed by atoms with Gasteiger partial charge in [-0.3, -0.25) is 4.79 Å². The first-order valence-corrected chi connectivity index (χ1v) is 6.51. The molecule has 0 aromatic heterocycles. The third-order valence-electron chi connectivity index (χ3n) is 2.48. The minimum Gasteiger partial charge on any atom is -0.481 e. The molecule has 18 heavy (non-hydrogen) atoms. The highest BCUT2D eigenvalue weighted by atomic mass is 16.4. The lowest BCUT2D eigenvalue weighted by Gasteiger charge is -2.03. The third kappa shape index (κ3) is 12.7. The van der Waals surface area contributed by atoms with Crippen LogP contribution in [-0.4, -0.2) is 22.3 Å². The quantitative estimate of drug-likeness (QED) is 0.355. The third-order valence-corrected chi connectivity index (χ3v) is 2.48. The van der Waals surface area contributed by atoms with E-state index in [1.54, 1.807) is 6.08 Å². The van der Waals surface area contributed by atoms with Gasteiger partial charge in [-0.15, -0.1) is 0 Å². The van der Waals surface area contributed by atoms with E-state index in [-0.39, 0.29) is 6.42 Å². The van der Waals surface area contributed by atoms with Crippen molar-refractivity contribution in [2.75, 3.05) is 0 Å². The van der Waals surface area contributed by atoms with Gasteiger partial charge in [0.25, 0.3) is 0 Å². The molecule has 0 aliphatic rings. The zero-order valence-corrected chi connectivity index (χ0v) is 11.1. The van der Waals surface area contributed by atoms with E-state index in [9.17, 15) is 9.90 Å². The molecule has 1 atom stereocenters. The summed E-state index contributed by atoms with van der Waals surface area (Å²) in [6.45, 7) is 1.98. The maximum absolute atomic E-state index is 10.3. The molecule has 0 aromatic rings. The molecule has 0 bridgehead atoms. The molecule has 0 rings (SSSR count). The van der Waals surface area contributed by atoms with Crippen LogP contribution in [0.25, 0.3) is 0 Å². The Morgan fingerprint density at radius 2 is 1.94 bits per heavy atom. The Hall–Kier alpha value is -1.35. The molecule has 0 aliphatic heterocycles. The van der Waals surface area contributed by atoms with Gasteiger partial charge in [0, 0.05) is 6.42 Å². The molecule has 2 N–H and O–H groups in total. The van der Waals surface area contributed by atoms with Crippen molar-refractivity contribution in [1.82, 2.24) is 0 Å². The molecule has 0 saturated carbocycles. The van der Waals surface area contributed by atoms with Gasteiger partial charge in [-0.1, -0.05) is 49.3 Å². The van der Waals surface area contributed by atoms with E-state index in [1.807, 2.05) is 31.2 Å². The average molecular weight is 252 g/mol. The first-order valence-electron chi connectivity index (χ1n) is 6.51. The average Bonchev–Trinajstić information content (AvgIpc) is 2.33. The van der Waals surface area contributed by atoms with Crippen molar-refractivity contribution in [3.63, 3.8) is 0 Å². The summed E-state index contributed by atoms with van der Waals surface area (Å²) in [6, 6.07) is 0. The summed E-state index contributed by atoms with van der Waals surface area (Å²) in [7, 11) is 0. The zero-order valence-electron chi connectivity index (χ0n) is 11.1. The normalized spacial score (nSPS) is 13.9. The minimum atomic E-state index is -0.748. The number of aliphatic hydroxyl groups is 1. The van der Waals surface area contributed by atoms with Crippen LogP contribution < -0.4 is 0 Å². The van der Waals surface area contributed by atoms with Gasteiger partial charge in [0.15, 0.2) is 0 Å². The highest BCUT2D eigenvalue weighted by Gasteiger charge is 2.00. The van der Waals surface area contributed by atoms with Crippen LogP contribution in [0, 0.1) is 0 Å². The predicted octanol–water partition coefficient (Wildman–Crippen LogP) is 3.46. The minimum absolute atomic E-state index is 0.222. The van der Waals surface area contributed by atoms with Crippen LogP contribution in [0.15, 0.2) is 36.5 Å². The summed E-state index contributed by atoms with van der Waals surface area (Å²) in [6.07, 6.45) is 15.4. The van der Waals surface area contributed by atoms with Crippen molar-refractivity contribution in [3.8, 4) is 0 Å². The van der Waals surface area contributed by atoms with Gasteiger partial charge in [0.2, 0.25) is 0 Å². The lowest BCUT2D eigenvalue weighted by atomic mass is 10.1. The second-order valence-corrected chi connectivity index (χ2v) is 4.18. The Kier molecular flexibility index (Phi) is 11.2. The van der Waals surface area contributed by atoms with Gasteiger partial charge >= 0.3 is 5.97 Å². The van der Waals surface area contributed by atoms with Crippen molar-refractivity contribution < 1.29 is 15.0 Å². The van der Waals surface area contributed by atoms with Crippen molar-refractivity contribution in [1.29, 1.82) is 0 Å². The summed E-state index contributed by atoms with van der Waals surface area (Å²) in [5.41, 5.74) is 0. The van der Waals surface area contributed by atoms with Gasteiger partial charge in [0.1, 0.15) is 0 Å². The molecule has 0 saturated heterocycles. The molecule has 0 heterocycles. The number of hydrogen-bond acceptors (Lipinski definition) is 2. The van der Waals surface area contributed by atoms with Crippen molar-refractivity contribution in [2.24, 2.45) is 0 Å². The molecule has 3 heteroatoms. The van der Waals surface area contributed by atoms with Crippen molar-refractivity contribution in [2.45, 2.75) is 51.6 Å². The summed E-state index contributed by atoms with van der Waals surface area (Å²) in [5.74, 6) is -0.748. The van der Waals surface area contributed by atoms with Crippen LogP contribution in [0.5, 0.6) is 0 Å². The van der Waals surface area contributed by atoms with E-state index >= 15 is 0 Å². The maximum Gasteiger partial charge on any atom is 0.303 e. The van der Waals surface area contributed by atoms with E-state index < -0.39 is 12.1 Å². The van der Waals surface area contributed by atoms with Gasteiger partial charge in [-0.05, 0) is 26.2 Å². The number of unbranched alkanes of at least 4 members (excludes halogenated alkanes) is 2. The fourth-order valence-electron chi connectivity index (χ4n) is 1.47. The molecule has 102 valence electrons. The standard InChI is InChI=1S/C15H24O3/c1-2-3-4-5-6-8-11-14(16)12-9-7-10-13-15(17)18/h2-3,5-6,8,11,14,16H,4,7,9-10,12-13H2,1H3,(H,17,18). The number of aliphatic hydroxyl groups excluding tert-OH is 1. The Bertz CT molecular complexity index is 290. The van der Waals surface area contributed by atoms with E-state index in [4.69, 9.17) is 5.11 Å². The van der Waals surface area contributed by atoms with Gasteiger partial charge in [-0.2, -0.15) is 0 Å². The Labute approximate surface area is 110 Å². The van der Waals surface area contributed by atoms with Gasteiger partial charge in [0.05, 0.1) is 6.10 Å². The lowest BCUT2D eigenvalue weighted by Crippen LogP contribution is -2.01. The first kappa shape index (κ1) is 16.6. The van der Waals surface area contributed by atoms with Crippen LogP contribution >= 0.6 is 0 Å². The molecule has 0 aliphatic carbocycles. The number of carbonyl (C=O) groups is 1. The Morgan fingerprint density at radius 3 is 2.61 bits per heavy atom. The molecule has 3 nitrogen and oxygen atoms in total. The topological polar surface area (TPSA) is 57.5 Å². The lowest BCUT2D eigenvalue weighted by molar-refractivity contribution is -0.137. The van der Waals surface area contributed by atoms with E-state index in [1.165, 1.54) is 0 Å². The largest absolute Gasteiger partial charge is 0.481 e. The van der Waals surface area contributed by atoms with E-state index in [0.29, 0.717) is 12.8 Å². The van der Waals surface area contributed by atoms with E-state index in [0.717, 1.165) is 19.3 Å². The summed E-state index contributed by atoms with van der Waals surface area (Å²) in [4.78, 5) is 10.3. The molecule has 0 radical (unpaired) electrons. The predicted molar refractivity (Wildman–Crippen MR) is 74.4 cm³/mol. The smallest absolute Gasteiger partial charge is 0.303 e. The highest BCUT2D eigenvalue weighted by molar-refractivity contribution is 5.66. The number of carboxylic acids is 1. The second-order valence-electron chi connectivity index (χ2n) is 4.18. The Balaban J connectivity index is 3.52. The van der Waals surface area contributed by atoms with Crippen LogP contribution in [0.3, 0.4) is 0 Å². The number of hydrogen-bond donors (Lipinski definition) is 2. The Morgan fingerprint density at radius 1 is 1.17 bits per heavy atom. The number of allylic oxidation sites excluding steroid dienone is 5. The number of carboxylic acid groups (broad SMARTS) is 1. The zero-order chi connectivity index (χ0) is 13.6. The summed E-state index contributed by atoms with van der Waals surface area (Å²) >= 11 is 0. The first-order chi connectivity index (χ1) is 8.66. The van der Waals surface area contributed by atoms with Crippen LogP contribution in [0.1, 0.15) is 45.4 Å². The van der Waals surface area contributed by atoms with Crippen LogP contribution in [0.2, 0.25) is 0 Å². The SMILES string of the molecule is CC=CCC=CC=CC(O)CCCCCC(=O)O. The summed E-state index contributed by atoms with van der Waals surface area (Å²) in [5, 5.41) is 18.1. The molecular formula is C15H24O3. The molecule has 0 fully saturated rings. The second kappa shape index (κ2) is 12.1. The van der Waals surface area contributed by atoms with Crippen molar-refractivity contribution in [3.05, 3.63) is 36.5 Å².